The minimum Gasteiger partial charge on any atom is -0.379 e. The van der Waals surface area contributed by atoms with E-state index in [0.717, 1.165) is 0 Å². The molecule has 0 atom stereocenters. The molecule has 4 N–H and O–H groups in total. The molecule has 0 saturated heterocycles. The number of nitrogens with two attached hydrogens (primary N) is 1. The van der Waals surface area contributed by atoms with E-state index in [4.69, 9.17) is 29.9 Å². The van der Waals surface area contributed by atoms with Gasteiger partial charge >= 0.3 is 0 Å². The molecule has 10 nitrogen and oxygen atoms in total. The van der Waals surface area contributed by atoms with Gasteiger partial charge < -0.3 is 35.3 Å². The number of carbonyl (C=O) groups is 2. The number of anilines is 1. The number of benzene rings is 1. The molecule has 0 heterocycles. The molecule has 0 aliphatic heterocycles. The quantitative estimate of drug-likeness (QED) is 0.197. The first-order valence-electron chi connectivity index (χ1n) is 11.2. The van der Waals surface area contributed by atoms with E-state index in [1.54, 1.807) is 30.3 Å². The molecule has 34 heavy (non-hydrogen) atoms. The molecule has 10 heteroatoms. The summed E-state index contributed by atoms with van der Waals surface area (Å²) < 4.78 is 21.2. The van der Waals surface area contributed by atoms with Crippen molar-refractivity contribution in [1.29, 1.82) is 5.26 Å². The van der Waals surface area contributed by atoms with Gasteiger partial charge in [0.05, 0.1) is 52.9 Å². The lowest BCUT2D eigenvalue weighted by molar-refractivity contribution is -0.122. The summed E-state index contributed by atoms with van der Waals surface area (Å²) in [5, 5.41) is 14.0. The van der Waals surface area contributed by atoms with E-state index < -0.39 is 0 Å². The van der Waals surface area contributed by atoms with Crippen molar-refractivity contribution in [2.45, 2.75) is 19.3 Å². The Morgan fingerprint density at radius 2 is 1.41 bits per heavy atom. The Morgan fingerprint density at radius 3 is 2.00 bits per heavy atom. The third-order valence-corrected chi connectivity index (χ3v) is 4.19. The second-order valence-electron chi connectivity index (χ2n) is 6.93. The van der Waals surface area contributed by atoms with Crippen molar-refractivity contribution in [1.82, 2.24) is 5.32 Å². The molecular formula is C24H34N4O6. The van der Waals surface area contributed by atoms with E-state index >= 15 is 0 Å². The molecule has 0 radical (unpaired) electrons. The van der Waals surface area contributed by atoms with Gasteiger partial charge in [0.1, 0.15) is 0 Å². The standard InChI is InChI=1S/C24H34N4O6/c25-10-1-3-21-5-7-22(8-6-21)28-24(30)4-2-12-27-23(29)9-13-31-15-17-33-19-20-34-18-16-32-14-11-26/h5-8H,2,4,9,11-20,26H2,(H,27,29)(H,28,30). The molecule has 0 bridgehead atoms. The van der Waals surface area contributed by atoms with Gasteiger partial charge in [-0.1, -0.05) is 5.92 Å². The van der Waals surface area contributed by atoms with Crippen LogP contribution in [0.5, 0.6) is 0 Å². The van der Waals surface area contributed by atoms with E-state index in [1.165, 1.54) is 0 Å². The van der Waals surface area contributed by atoms with E-state index in [1.807, 2.05) is 0 Å². The summed E-state index contributed by atoms with van der Waals surface area (Å²) >= 11 is 0. The number of hydrogen-bond acceptors (Lipinski definition) is 8. The zero-order valence-electron chi connectivity index (χ0n) is 19.5. The lowest BCUT2D eigenvalue weighted by atomic mass is 10.2. The summed E-state index contributed by atoms with van der Waals surface area (Å²) in [6, 6.07) is 8.65. The molecule has 0 spiro atoms. The van der Waals surface area contributed by atoms with Crippen LogP contribution in [-0.2, 0) is 28.5 Å². The van der Waals surface area contributed by atoms with Crippen LogP contribution in [0.1, 0.15) is 24.8 Å². The highest BCUT2D eigenvalue weighted by Gasteiger charge is 2.04. The fraction of sp³-hybridized carbons (Fsp3) is 0.542. The summed E-state index contributed by atoms with van der Waals surface area (Å²) in [6.45, 7) is 4.57. The van der Waals surface area contributed by atoms with Crippen LogP contribution < -0.4 is 16.4 Å². The van der Waals surface area contributed by atoms with Crippen LogP contribution in [0.2, 0.25) is 0 Å². The second-order valence-corrected chi connectivity index (χ2v) is 6.93. The Kier molecular flexibility index (Phi) is 17.6. The van der Waals surface area contributed by atoms with Crippen LogP contribution in [0.4, 0.5) is 5.69 Å². The molecule has 0 aliphatic rings. The van der Waals surface area contributed by atoms with Gasteiger partial charge in [-0.2, -0.15) is 5.26 Å². The van der Waals surface area contributed by atoms with Gasteiger partial charge in [0.15, 0.2) is 6.07 Å². The smallest absolute Gasteiger partial charge is 0.224 e. The summed E-state index contributed by atoms with van der Waals surface area (Å²) in [5.41, 5.74) is 6.65. The fourth-order valence-electron chi connectivity index (χ4n) is 2.54. The number of amides is 2. The number of hydrogen-bond donors (Lipinski definition) is 3. The molecule has 1 aromatic carbocycles. The van der Waals surface area contributed by atoms with Crippen LogP contribution in [0.25, 0.3) is 0 Å². The third kappa shape index (κ3) is 16.6. The summed E-state index contributed by atoms with van der Waals surface area (Å²) in [4.78, 5) is 23.8. The first-order valence-corrected chi connectivity index (χ1v) is 11.2. The highest BCUT2D eigenvalue weighted by Crippen LogP contribution is 2.09. The molecule has 0 aromatic heterocycles. The second kappa shape index (κ2) is 20.6. The van der Waals surface area contributed by atoms with Crippen LogP contribution in [0, 0.1) is 23.2 Å². The normalized spacial score (nSPS) is 10.1. The van der Waals surface area contributed by atoms with Crippen LogP contribution in [-0.4, -0.2) is 77.8 Å². The minimum atomic E-state index is -0.140. The van der Waals surface area contributed by atoms with Gasteiger partial charge in [-0.05, 0) is 30.7 Å². The maximum absolute atomic E-state index is 12.0. The lowest BCUT2D eigenvalue weighted by Gasteiger charge is -2.08. The number of nitriles is 1. The summed E-state index contributed by atoms with van der Waals surface area (Å²) in [6.07, 6.45) is 1.06. The van der Waals surface area contributed by atoms with Gasteiger partial charge in [0, 0.05) is 43.1 Å². The molecule has 0 aliphatic carbocycles. The Hall–Kier alpha value is -2.99. The number of ether oxygens (including phenoxy) is 4. The molecule has 0 fully saturated rings. The molecule has 0 unspecified atom stereocenters. The maximum Gasteiger partial charge on any atom is 0.224 e. The number of nitrogens with zero attached hydrogens (tertiary/aromatic N) is 1. The zero-order valence-corrected chi connectivity index (χ0v) is 19.5. The number of nitrogens with one attached hydrogen (secondary N) is 2. The van der Waals surface area contributed by atoms with E-state index in [9.17, 15) is 9.59 Å². The van der Waals surface area contributed by atoms with Crippen LogP contribution in [0.15, 0.2) is 24.3 Å². The van der Waals surface area contributed by atoms with Gasteiger partial charge in [-0.3, -0.25) is 9.59 Å². The van der Waals surface area contributed by atoms with Gasteiger partial charge in [0.25, 0.3) is 0 Å². The lowest BCUT2D eigenvalue weighted by Crippen LogP contribution is -2.26. The van der Waals surface area contributed by atoms with Crippen LogP contribution >= 0.6 is 0 Å². The van der Waals surface area contributed by atoms with Crippen molar-refractivity contribution >= 4 is 17.5 Å². The van der Waals surface area contributed by atoms with E-state index in [-0.39, 0.29) is 24.7 Å². The van der Waals surface area contributed by atoms with Crippen molar-refractivity contribution in [3.63, 3.8) is 0 Å². The van der Waals surface area contributed by atoms with E-state index in [2.05, 4.69) is 22.5 Å². The van der Waals surface area contributed by atoms with Crippen molar-refractivity contribution in [3.8, 4) is 17.9 Å². The van der Waals surface area contributed by atoms with Crippen molar-refractivity contribution < 1.29 is 28.5 Å². The molecular weight excluding hydrogens is 440 g/mol. The minimum absolute atomic E-state index is 0.124. The Labute approximate surface area is 201 Å². The van der Waals surface area contributed by atoms with Gasteiger partial charge in [0.2, 0.25) is 11.8 Å². The summed E-state index contributed by atoms with van der Waals surface area (Å²) in [7, 11) is 0. The van der Waals surface area contributed by atoms with Crippen molar-refractivity contribution in [2.75, 3.05) is 71.3 Å². The third-order valence-electron chi connectivity index (χ3n) is 4.19. The SMILES string of the molecule is N#CC#Cc1ccc(NC(=O)CCCNC(=O)CCOCCOCCOCCOCCN)cc1. The van der Waals surface area contributed by atoms with Crippen LogP contribution in [0.3, 0.4) is 0 Å². The van der Waals surface area contributed by atoms with Gasteiger partial charge in [-0.25, -0.2) is 0 Å². The highest BCUT2D eigenvalue weighted by atomic mass is 16.6. The molecule has 0 saturated carbocycles. The topological polar surface area (TPSA) is 145 Å². The number of carbonyl (C=O) groups excluding carboxylic acids is 2. The van der Waals surface area contributed by atoms with E-state index in [0.29, 0.717) is 83.6 Å². The Morgan fingerprint density at radius 1 is 0.824 bits per heavy atom. The first kappa shape index (κ1) is 29.0. The van der Waals surface area contributed by atoms with Crippen molar-refractivity contribution in [3.05, 3.63) is 29.8 Å². The number of rotatable bonds is 19. The predicted octanol–water partition coefficient (Wildman–Crippen LogP) is 0.812. The fourth-order valence-corrected chi connectivity index (χ4v) is 2.54. The Bertz CT molecular complexity index is 798. The predicted molar refractivity (Wildman–Crippen MR) is 127 cm³/mol. The molecule has 1 rings (SSSR count). The first-order chi connectivity index (χ1) is 16.7. The summed E-state index contributed by atoms with van der Waals surface area (Å²) in [5.74, 6) is 4.73. The monoisotopic (exact) mass is 474 g/mol. The highest BCUT2D eigenvalue weighted by molar-refractivity contribution is 5.90. The molecule has 2 amide bonds. The maximum atomic E-state index is 12.0. The molecule has 186 valence electrons. The Balaban J connectivity index is 1.93. The average Bonchev–Trinajstić information content (AvgIpc) is 2.84. The van der Waals surface area contributed by atoms with Gasteiger partial charge in [-0.15, -0.1) is 0 Å². The molecule has 1 aromatic rings. The zero-order chi connectivity index (χ0) is 24.7. The largest absolute Gasteiger partial charge is 0.379 e. The average molecular weight is 475 g/mol. The van der Waals surface area contributed by atoms with Crippen molar-refractivity contribution in [2.24, 2.45) is 5.73 Å².